The fraction of sp³-hybridized carbons (Fsp3) is 0.645. The number of alkyl carbamates (subject to hydrolysis) is 1. The third kappa shape index (κ3) is 10.7. The maximum Gasteiger partial charge on any atom is 0.408 e. The van der Waals surface area contributed by atoms with Crippen LogP contribution in [0.5, 0.6) is 0 Å². The molecule has 2 fully saturated rings. The highest BCUT2D eigenvalue weighted by Crippen LogP contribution is 2.35. The molecule has 2 aliphatic heterocycles. The van der Waals surface area contributed by atoms with E-state index in [0.29, 0.717) is 38.2 Å². The van der Waals surface area contributed by atoms with Crippen molar-refractivity contribution in [1.82, 2.24) is 10.2 Å². The van der Waals surface area contributed by atoms with Crippen LogP contribution in [0.25, 0.3) is 6.08 Å². The standard InChI is InChI=1S/C31H45N3O7/c1-21(2)19-38-28(35)24(33-29(36)41-30(3,4)5)14-16-34(15-8-9-22-10-12-23(17-32)13-11-22)18-25-27-26(20-37-25)39-31(6,7)40-27/h8-13,21,24-27H,14-16,18-20H2,1-7H3,(H,33,36)/b9-8+/t24-,25+,26-,27+/m0/s1. The number of rotatable bonds is 12. The van der Waals surface area contributed by atoms with Gasteiger partial charge < -0.3 is 29.0 Å². The molecule has 0 spiro atoms. The average molecular weight is 572 g/mol. The second-order valence-corrected chi connectivity index (χ2v) is 12.4. The topological polar surface area (TPSA) is 119 Å². The van der Waals surface area contributed by atoms with E-state index in [1.807, 2.05) is 52.0 Å². The first-order valence-electron chi connectivity index (χ1n) is 14.3. The van der Waals surface area contributed by atoms with Crippen LogP contribution < -0.4 is 5.32 Å². The first-order chi connectivity index (χ1) is 19.2. The summed E-state index contributed by atoms with van der Waals surface area (Å²) >= 11 is 0. The lowest BCUT2D eigenvalue weighted by atomic mass is 10.1. The van der Waals surface area contributed by atoms with Crippen molar-refractivity contribution in [3.63, 3.8) is 0 Å². The van der Waals surface area contributed by atoms with Gasteiger partial charge >= 0.3 is 12.1 Å². The number of fused-ring (bicyclic) bond motifs is 1. The molecule has 0 unspecified atom stereocenters. The summed E-state index contributed by atoms with van der Waals surface area (Å²) in [5.74, 6) is -1.00. The summed E-state index contributed by atoms with van der Waals surface area (Å²) in [5.41, 5.74) is 0.870. The monoisotopic (exact) mass is 571 g/mol. The molecule has 41 heavy (non-hydrogen) atoms. The number of carbonyl (C=O) groups is 2. The van der Waals surface area contributed by atoms with Crippen LogP contribution in [0.3, 0.4) is 0 Å². The lowest BCUT2D eigenvalue weighted by Gasteiger charge is -2.29. The molecule has 0 aliphatic carbocycles. The summed E-state index contributed by atoms with van der Waals surface area (Å²) in [4.78, 5) is 27.7. The minimum atomic E-state index is -0.879. The normalized spacial score (nSPS) is 22.5. The molecule has 1 N–H and O–H groups in total. The molecule has 1 amide bonds. The molecule has 2 aliphatic rings. The third-order valence-corrected chi connectivity index (χ3v) is 6.48. The minimum Gasteiger partial charge on any atom is -0.464 e. The Kier molecular flexibility index (Phi) is 11.3. The molecule has 0 aromatic heterocycles. The number of amides is 1. The Hall–Kier alpha value is -2.97. The molecule has 0 radical (unpaired) electrons. The molecule has 0 bridgehead atoms. The predicted octanol–water partition coefficient (Wildman–Crippen LogP) is 4.27. The van der Waals surface area contributed by atoms with E-state index in [2.05, 4.69) is 16.3 Å². The average Bonchev–Trinajstić information content (AvgIpc) is 3.38. The van der Waals surface area contributed by atoms with Crippen LogP contribution in [0, 0.1) is 17.2 Å². The van der Waals surface area contributed by atoms with Crippen LogP contribution in [-0.4, -0.2) is 85.6 Å². The van der Waals surface area contributed by atoms with E-state index in [9.17, 15) is 9.59 Å². The Labute approximate surface area is 243 Å². The third-order valence-electron chi connectivity index (χ3n) is 6.48. The summed E-state index contributed by atoms with van der Waals surface area (Å²) in [6.07, 6.45) is 3.12. The summed E-state index contributed by atoms with van der Waals surface area (Å²) in [7, 11) is 0. The van der Waals surface area contributed by atoms with Gasteiger partial charge in [0.2, 0.25) is 0 Å². The van der Waals surface area contributed by atoms with Crippen LogP contribution in [0.15, 0.2) is 30.3 Å². The van der Waals surface area contributed by atoms with Gasteiger partial charge in [-0.15, -0.1) is 0 Å². The fourth-order valence-corrected chi connectivity index (χ4v) is 4.66. The molecule has 4 atom stereocenters. The van der Waals surface area contributed by atoms with Gasteiger partial charge in [-0.25, -0.2) is 9.59 Å². The SMILES string of the molecule is CC(C)COC(=O)[C@H](CCN(C/C=C/c1ccc(C#N)cc1)C[C@H]1OC[C@@H]2OC(C)(C)O[C@@H]21)NC(=O)OC(C)(C)C. The Morgan fingerprint density at radius 1 is 1.22 bits per heavy atom. The van der Waals surface area contributed by atoms with E-state index in [1.165, 1.54) is 0 Å². The highest BCUT2D eigenvalue weighted by atomic mass is 16.8. The van der Waals surface area contributed by atoms with Gasteiger partial charge in [-0.2, -0.15) is 5.26 Å². The minimum absolute atomic E-state index is 0.126. The second-order valence-electron chi connectivity index (χ2n) is 12.4. The first kappa shape index (κ1) is 32.5. The Bertz CT molecular complexity index is 1090. The predicted molar refractivity (Wildman–Crippen MR) is 154 cm³/mol. The zero-order valence-corrected chi connectivity index (χ0v) is 25.3. The number of carbonyl (C=O) groups excluding carboxylic acids is 2. The van der Waals surface area contributed by atoms with Crippen LogP contribution >= 0.6 is 0 Å². The highest BCUT2D eigenvalue weighted by molar-refractivity contribution is 5.81. The van der Waals surface area contributed by atoms with E-state index < -0.39 is 29.5 Å². The van der Waals surface area contributed by atoms with Crippen molar-refractivity contribution in [3.05, 3.63) is 41.5 Å². The molecule has 1 aromatic carbocycles. The first-order valence-corrected chi connectivity index (χ1v) is 14.3. The summed E-state index contributed by atoms with van der Waals surface area (Å²) in [6, 6.07) is 8.58. The molecule has 10 nitrogen and oxygen atoms in total. The lowest BCUT2D eigenvalue weighted by Crippen LogP contribution is -2.47. The van der Waals surface area contributed by atoms with Crippen molar-refractivity contribution >= 4 is 18.1 Å². The Morgan fingerprint density at radius 2 is 1.93 bits per heavy atom. The maximum atomic E-state index is 13.0. The molecule has 3 rings (SSSR count). The van der Waals surface area contributed by atoms with E-state index in [4.69, 9.17) is 28.9 Å². The van der Waals surface area contributed by atoms with Crippen molar-refractivity contribution in [3.8, 4) is 6.07 Å². The van der Waals surface area contributed by atoms with Crippen molar-refractivity contribution in [2.24, 2.45) is 5.92 Å². The van der Waals surface area contributed by atoms with Crippen LogP contribution in [-0.2, 0) is 28.5 Å². The number of nitrogens with one attached hydrogen (secondary N) is 1. The number of nitriles is 1. The number of ether oxygens (including phenoxy) is 5. The highest BCUT2D eigenvalue weighted by Gasteiger charge is 2.50. The van der Waals surface area contributed by atoms with Crippen molar-refractivity contribution in [2.75, 3.05) is 32.8 Å². The Balaban J connectivity index is 1.72. The number of hydrogen-bond acceptors (Lipinski definition) is 9. The van der Waals surface area contributed by atoms with E-state index in [0.717, 1.165) is 5.56 Å². The molecule has 1 aromatic rings. The fourth-order valence-electron chi connectivity index (χ4n) is 4.66. The largest absolute Gasteiger partial charge is 0.464 e. The molecule has 0 saturated carbocycles. The zero-order valence-electron chi connectivity index (χ0n) is 25.3. The van der Waals surface area contributed by atoms with Crippen LogP contribution in [0.4, 0.5) is 4.79 Å². The van der Waals surface area contributed by atoms with E-state index in [1.54, 1.807) is 32.9 Å². The van der Waals surface area contributed by atoms with Crippen molar-refractivity contribution < 1.29 is 33.3 Å². The van der Waals surface area contributed by atoms with Gasteiger partial charge in [0.1, 0.15) is 23.9 Å². The number of esters is 1. The molecule has 2 heterocycles. The zero-order chi connectivity index (χ0) is 30.2. The molecular weight excluding hydrogens is 526 g/mol. The van der Waals surface area contributed by atoms with Gasteiger partial charge in [0, 0.05) is 19.6 Å². The van der Waals surface area contributed by atoms with Gasteiger partial charge in [-0.3, -0.25) is 4.90 Å². The lowest BCUT2D eigenvalue weighted by molar-refractivity contribution is -0.176. The van der Waals surface area contributed by atoms with Gasteiger partial charge in [0.05, 0.1) is 31.0 Å². The van der Waals surface area contributed by atoms with E-state index >= 15 is 0 Å². The molecule has 226 valence electrons. The summed E-state index contributed by atoms with van der Waals surface area (Å²) in [6.45, 7) is 15.3. The smallest absolute Gasteiger partial charge is 0.408 e. The van der Waals surface area contributed by atoms with Gasteiger partial charge in [0.15, 0.2) is 5.79 Å². The van der Waals surface area contributed by atoms with Gasteiger partial charge in [0.25, 0.3) is 0 Å². The maximum absolute atomic E-state index is 13.0. The van der Waals surface area contributed by atoms with Crippen LogP contribution in [0.1, 0.15) is 66.0 Å². The van der Waals surface area contributed by atoms with E-state index in [-0.39, 0.29) is 30.8 Å². The number of nitrogens with zero attached hydrogens (tertiary/aromatic N) is 2. The van der Waals surface area contributed by atoms with Crippen molar-refractivity contribution in [1.29, 1.82) is 5.26 Å². The summed E-state index contributed by atoms with van der Waals surface area (Å²) < 4.78 is 29.0. The quantitative estimate of drug-likeness (QED) is 0.367. The number of benzene rings is 1. The molecular formula is C31H45N3O7. The molecule has 2 saturated heterocycles. The Morgan fingerprint density at radius 3 is 2.56 bits per heavy atom. The van der Waals surface area contributed by atoms with Gasteiger partial charge in [-0.1, -0.05) is 38.1 Å². The van der Waals surface area contributed by atoms with Crippen LogP contribution in [0.2, 0.25) is 0 Å². The summed E-state index contributed by atoms with van der Waals surface area (Å²) in [5, 5.41) is 11.8. The molecule has 10 heteroatoms. The van der Waals surface area contributed by atoms with Crippen molar-refractivity contribution in [2.45, 2.75) is 90.6 Å². The number of hydrogen-bond donors (Lipinski definition) is 1. The van der Waals surface area contributed by atoms with Gasteiger partial charge in [-0.05, 0) is 64.7 Å². The second kappa shape index (κ2) is 14.3.